The lowest BCUT2D eigenvalue weighted by molar-refractivity contribution is -0.135. The van der Waals surface area contributed by atoms with Crippen LogP contribution in [0.4, 0.5) is 0 Å². The first-order chi connectivity index (χ1) is 8.11. The van der Waals surface area contributed by atoms with E-state index in [4.69, 9.17) is 4.74 Å². The predicted molar refractivity (Wildman–Crippen MR) is 61.6 cm³/mol. The molecule has 1 aromatic carbocycles. The van der Waals surface area contributed by atoms with Crippen LogP contribution in [0.2, 0.25) is 0 Å². The number of Topliss-reactive ketones (excluding diaryl/α,β-unsaturated/α-hetero) is 2. The van der Waals surface area contributed by atoms with Crippen LogP contribution in [0.15, 0.2) is 30.3 Å². The molecule has 0 atom stereocenters. The minimum absolute atomic E-state index is 0.122. The van der Waals surface area contributed by atoms with E-state index in [9.17, 15) is 14.4 Å². The second-order valence-electron chi connectivity index (χ2n) is 3.58. The summed E-state index contributed by atoms with van der Waals surface area (Å²) >= 11 is 0. The molecule has 0 saturated carbocycles. The Kier molecular flexibility index (Phi) is 5.07. The van der Waals surface area contributed by atoms with Gasteiger partial charge in [-0.25, -0.2) is 4.79 Å². The third-order valence-electron chi connectivity index (χ3n) is 2.18. The van der Waals surface area contributed by atoms with E-state index >= 15 is 0 Å². The lowest BCUT2D eigenvalue weighted by Crippen LogP contribution is -2.12. The fourth-order valence-corrected chi connectivity index (χ4v) is 1.23. The molecule has 0 radical (unpaired) electrons. The number of carbonyl (C=O) groups is 3. The Balaban J connectivity index is 2.26. The molecule has 0 aliphatic carbocycles. The van der Waals surface area contributed by atoms with Gasteiger partial charge in [0.25, 0.3) is 0 Å². The maximum absolute atomic E-state index is 11.4. The van der Waals surface area contributed by atoms with Crippen molar-refractivity contribution in [3.63, 3.8) is 0 Å². The maximum Gasteiger partial charge on any atom is 0.338 e. The summed E-state index contributed by atoms with van der Waals surface area (Å²) in [5.74, 6) is -1.30. The Labute approximate surface area is 99.6 Å². The first-order valence-electron chi connectivity index (χ1n) is 5.37. The molecular weight excluding hydrogens is 220 g/mol. The van der Waals surface area contributed by atoms with Gasteiger partial charge < -0.3 is 4.74 Å². The number of carbonyl (C=O) groups excluding carboxylic acids is 3. The van der Waals surface area contributed by atoms with Crippen molar-refractivity contribution in [3.05, 3.63) is 35.9 Å². The topological polar surface area (TPSA) is 60.4 Å². The van der Waals surface area contributed by atoms with Crippen molar-refractivity contribution in [3.8, 4) is 0 Å². The summed E-state index contributed by atoms with van der Waals surface area (Å²) < 4.78 is 4.96. The summed E-state index contributed by atoms with van der Waals surface area (Å²) in [5, 5.41) is 0. The molecule has 0 saturated heterocycles. The summed E-state index contributed by atoms with van der Waals surface area (Å²) in [6.07, 6.45) is 0.494. The average molecular weight is 234 g/mol. The number of hydrogen-bond acceptors (Lipinski definition) is 4. The van der Waals surface area contributed by atoms with Crippen molar-refractivity contribution in [1.29, 1.82) is 0 Å². The third kappa shape index (κ3) is 4.59. The number of benzene rings is 1. The third-order valence-corrected chi connectivity index (χ3v) is 2.18. The summed E-state index contributed by atoms with van der Waals surface area (Å²) in [7, 11) is 0. The van der Waals surface area contributed by atoms with Gasteiger partial charge in [0.1, 0.15) is 0 Å². The number of hydrogen-bond donors (Lipinski definition) is 0. The molecule has 4 nitrogen and oxygen atoms in total. The second kappa shape index (κ2) is 6.58. The molecule has 1 aromatic rings. The van der Waals surface area contributed by atoms with Crippen LogP contribution in [-0.2, 0) is 14.3 Å². The van der Waals surface area contributed by atoms with Crippen molar-refractivity contribution in [2.75, 3.05) is 6.61 Å². The Morgan fingerprint density at radius 2 is 1.76 bits per heavy atom. The molecular formula is C13H14O4. The van der Waals surface area contributed by atoms with E-state index in [2.05, 4.69) is 0 Å². The average Bonchev–Trinajstić information content (AvgIpc) is 2.35. The fourth-order valence-electron chi connectivity index (χ4n) is 1.23. The molecule has 90 valence electrons. The minimum Gasteiger partial charge on any atom is -0.462 e. The van der Waals surface area contributed by atoms with Crippen LogP contribution >= 0.6 is 0 Å². The number of esters is 1. The highest BCUT2D eigenvalue weighted by atomic mass is 16.5. The van der Waals surface area contributed by atoms with Crippen LogP contribution < -0.4 is 0 Å². The fraction of sp³-hybridized carbons (Fsp3) is 0.308. The highest BCUT2D eigenvalue weighted by Gasteiger charge is 2.09. The molecule has 0 aromatic heterocycles. The number of rotatable bonds is 6. The second-order valence-corrected chi connectivity index (χ2v) is 3.58. The van der Waals surface area contributed by atoms with Gasteiger partial charge in [0.2, 0.25) is 0 Å². The summed E-state index contributed by atoms with van der Waals surface area (Å²) in [4.78, 5) is 33.1. The van der Waals surface area contributed by atoms with Gasteiger partial charge in [-0.1, -0.05) is 18.2 Å². The van der Waals surface area contributed by atoms with Crippen molar-refractivity contribution in [2.45, 2.75) is 19.8 Å². The standard InChI is InChI=1S/C13H14O4/c1-10(14)12(15)8-5-9-17-13(16)11-6-3-2-4-7-11/h2-4,6-7H,5,8-9H2,1H3. The van der Waals surface area contributed by atoms with E-state index in [1.807, 2.05) is 6.07 Å². The molecule has 0 heterocycles. The van der Waals surface area contributed by atoms with Crippen LogP contribution in [0.5, 0.6) is 0 Å². The lowest BCUT2D eigenvalue weighted by atomic mass is 10.2. The first kappa shape index (κ1) is 13.1. The molecule has 0 aliphatic heterocycles. The molecule has 0 unspecified atom stereocenters. The quantitative estimate of drug-likeness (QED) is 0.427. The zero-order valence-corrected chi connectivity index (χ0v) is 9.64. The highest BCUT2D eigenvalue weighted by Crippen LogP contribution is 2.02. The molecule has 17 heavy (non-hydrogen) atoms. The van der Waals surface area contributed by atoms with Gasteiger partial charge in [0, 0.05) is 13.3 Å². The number of ether oxygens (including phenoxy) is 1. The molecule has 0 fully saturated rings. The monoisotopic (exact) mass is 234 g/mol. The van der Waals surface area contributed by atoms with Crippen LogP contribution in [0.1, 0.15) is 30.1 Å². The van der Waals surface area contributed by atoms with E-state index in [1.165, 1.54) is 6.92 Å². The Morgan fingerprint density at radius 1 is 1.12 bits per heavy atom. The first-order valence-corrected chi connectivity index (χ1v) is 5.37. The molecule has 0 amide bonds. The smallest absolute Gasteiger partial charge is 0.338 e. The molecule has 4 heteroatoms. The van der Waals surface area contributed by atoms with Gasteiger partial charge >= 0.3 is 5.97 Å². The van der Waals surface area contributed by atoms with Gasteiger partial charge in [0.15, 0.2) is 11.6 Å². The molecule has 0 N–H and O–H groups in total. The van der Waals surface area contributed by atoms with Gasteiger partial charge in [-0.2, -0.15) is 0 Å². The van der Waals surface area contributed by atoms with E-state index in [0.717, 1.165) is 0 Å². The van der Waals surface area contributed by atoms with E-state index in [0.29, 0.717) is 12.0 Å². The molecule has 1 rings (SSSR count). The maximum atomic E-state index is 11.4. The number of ketones is 2. The summed E-state index contributed by atoms with van der Waals surface area (Å²) in [6.45, 7) is 1.38. The molecule has 0 bridgehead atoms. The van der Waals surface area contributed by atoms with Crippen molar-refractivity contribution >= 4 is 17.5 Å². The van der Waals surface area contributed by atoms with Crippen LogP contribution in [0.25, 0.3) is 0 Å². The Morgan fingerprint density at radius 3 is 2.35 bits per heavy atom. The van der Waals surface area contributed by atoms with Gasteiger partial charge in [0.05, 0.1) is 12.2 Å². The van der Waals surface area contributed by atoms with Crippen molar-refractivity contribution in [2.24, 2.45) is 0 Å². The normalized spacial score (nSPS) is 9.71. The molecule has 0 spiro atoms. The summed E-state index contributed by atoms with van der Waals surface area (Å²) in [6, 6.07) is 8.61. The largest absolute Gasteiger partial charge is 0.462 e. The Bertz CT molecular complexity index is 409. The van der Waals surface area contributed by atoms with Crippen LogP contribution in [-0.4, -0.2) is 24.1 Å². The van der Waals surface area contributed by atoms with Crippen LogP contribution in [0, 0.1) is 0 Å². The van der Waals surface area contributed by atoms with Crippen molar-refractivity contribution in [1.82, 2.24) is 0 Å². The van der Waals surface area contributed by atoms with Gasteiger partial charge in [-0.05, 0) is 18.6 Å². The predicted octanol–water partition coefficient (Wildman–Crippen LogP) is 1.78. The van der Waals surface area contributed by atoms with Gasteiger partial charge in [-0.15, -0.1) is 0 Å². The van der Waals surface area contributed by atoms with E-state index < -0.39 is 17.5 Å². The van der Waals surface area contributed by atoms with E-state index in [1.54, 1.807) is 24.3 Å². The SMILES string of the molecule is CC(=O)C(=O)CCCOC(=O)c1ccccc1. The van der Waals surface area contributed by atoms with Crippen LogP contribution in [0.3, 0.4) is 0 Å². The highest BCUT2D eigenvalue weighted by molar-refractivity contribution is 6.36. The zero-order chi connectivity index (χ0) is 12.7. The lowest BCUT2D eigenvalue weighted by Gasteiger charge is -2.03. The van der Waals surface area contributed by atoms with Crippen molar-refractivity contribution < 1.29 is 19.1 Å². The zero-order valence-electron chi connectivity index (χ0n) is 9.64. The van der Waals surface area contributed by atoms with E-state index in [-0.39, 0.29) is 13.0 Å². The van der Waals surface area contributed by atoms with Gasteiger partial charge in [-0.3, -0.25) is 9.59 Å². The summed E-state index contributed by atoms with van der Waals surface area (Å²) in [5.41, 5.74) is 0.477. The molecule has 0 aliphatic rings. The minimum atomic E-state index is -0.459. The Hall–Kier alpha value is -1.97.